The lowest BCUT2D eigenvalue weighted by atomic mass is 9.93. The number of hydrogen-bond acceptors (Lipinski definition) is 9. The Hall–Kier alpha value is -5.11. The van der Waals surface area contributed by atoms with Crippen molar-refractivity contribution in [1.82, 2.24) is 35.8 Å². The fourth-order valence-electron chi connectivity index (χ4n) is 6.53. The summed E-state index contributed by atoms with van der Waals surface area (Å²) in [5.74, 6) is -1.67. The van der Waals surface area contributed by atoms with Crippen molar-refractivity contribution in [3.8, 4) is 0 Å². The molecule has 0 unspecified atom stereocenters. The largest absolute Gasteiger partial charge is 0.443 e. The molecule has 3 aromatic heterocycles. The maximum atomic E-state index is 14.4. The number of carbonyl (C=O) groups excluding carboxylic acids is 5. The van der Waals surface area contributed by atoms with Crippen molar-refractivity contribution in [2.45, 2.75) is 78.4 Å². The highest BCUT2D eigenvalue weighted by Crippen LogP contribution is 2.28. The van der Waals surface area contributed by atoms with Crippen molar-refractivity contribution < 1.29 is 28.4 Å². The molecule has 4 aromatic rings. The van der Waals surface area contributed by atoms with Gasteiger partial charge in [0.25, 0.3) is 17.7 Å². The van der Waals surface area contributed by atoms with Gasteiger partial charge in [-0.15, -0.1) is 11.3 Å². The predicted molar refractivity (Wildman–Crippen MR) is 185 cm³/mol. The molecule has 1 aromatic carbocycles. The number of fused-ring (bicyclic) bond motifs is 5. The van der Waals surface area contributed by atoms with Crippen molar-refractivity contribution in [2.24, 2.45) is 5.92 Å². The van der Waals surface area contributed by atoms with Gasteiger partial charge in [-0.2, -0.15) is 0 Å². The minimum absolute atomic E-state index is 0.0169. The summed E-state index contributed by atoms with van der Waals surface area (Å²) in [5, 5.41) is 11.0. The van der Waals surface area contributed by atoms with Gasteiger partial charge in [-0.3, -0.25) is 24.0 Å². The van der Waals surface area contributed by atoms with E-state index in [1.165, 1.54) is 16.2 Å². The van der Waals surface area contributed by atoms with Crippen molar-refractivity contribution in [2.75, 3.05) is 13.1 Å². The first-order chi connectivity index (χ1) is 23.9. The van der Waals surface area contributed by atoms with Crippen LogP contribution in [0.4, 0.5) is 0 Å². The average molecular weight is 700 g/mol. The third-order valence-electron chi connectivity index (χ3n) is 9.12. The van der Waals surface area contributed by atoms with Crippen LogP contribution < -0.4 is 16.0 Å². The van der Waals surface area contributed by atoms with E-state index in [9.17, 15) is 24.0 Å². The molecule has 4 heterocycles. The van der Waals surface area contributed by atoms with Crippen LogP contribution in [0.1, 0.15) is 121 Å². The second-order valence-corrected chi connectivity index (χ2v) is 14.2. The first kappa shape index (κ1) is 34.7. The quantitative estimate of drug-likeness (QED) is 0.242. The van der Waals surface area contributed by atoms with Crippen LogP contribution in [0.2, 0.25) is 0 Å². The number of carbonyl (C=O) groups is 5. The van der Waals surface area contributed by atoms with Crippen molar-refractivity contribution in [3.63, 3.8) is 0 Å². The summed E-state index contributed by atoms with van der Waals surface area (Å²) in [7, 11) is 0. The number of Topliss-reactive ketones (excluding diaryl/α,β-unsaturated/α-hetero) is 1. The molecule has 3 atom stereocenters. The van der Waals surface area contributed by atoms with Gasteiger partial charge in [0.2, 0.25) is 11.8 Å². The number of oxazole rings is 1. The average Bonchev–Trinajstić information content (AvgIpc) is 3.81. The molecule has 0 fully saturated rings. The van der Waals surface area contributed by atoms with E-state index in [0.717, 1.165) is 11.3 Å². The van der Waals surface area contributed by atoms with Crippen LogP contribution in [-0.4, -0.2) is 68.4 Å². The number of hydrogen-bond donors (Lipinski definition) is 4. The molecule has 1 aliphatic carbocycles. The number of rotatable bonds is 4. The monoisotopic (exact) mass is 699 g/mol. The Morgan fingerprint density at radius 2 is 1.78 bits per heavy atom. The van der Waals surface area contributed by atoms with E-state index in [2.05, 4.69) is 30.9 Å². The third-order valence-corrected chi connectivity index (χ3v) is 10.2. The third kappa shape index (κ3) is 7.25. The van der Waals surface area contributed by atoms with Crippen molar-refractivity contribution in [3.05, 3.63) is 91.8 Å². The molecule has 262 valence electrons. The Bertz CT molecular complexity index is 1940. The second-order valence-electron chi connectivity index (χ2n) is 13.3. The first-order valence-electron chi connectivity index (χ1n) is 16.8. The number of amides is 4. The number of nitrogens with zero attached hydrogens (tertiary/aromatic N) is 3. The minimum atomic E-state index is -0.713. The number of H-pyrrole nitrogens is 1. The van der Waals surface area contributed by atoms with Gasteiger partial charge in [0.15, 0.2) is 11.5 Å². The summed E-state index contributed by atoms with van der Waals surface area (Å²) in [6.07, 6.45) is 2.09. The molecule has 4 bridgehead atoms. The molecule has 0 saturated heterocycles. The number of thiazole rings is 1. The zero-order valence-electron chi connectivity index (χ0n) is 28.7. The van der Waals surface area contributed by atoms with Crippen LogP contribution in [0.3, 0.4) is 0 Å². The van der Waals surface area contributed by atoms with Crippen LogP contribution in [0.25, 0.3) is 0 Å². The lowest BCUT2D eigenvalue weighted by molar-refractivity contribution is -0.123. The smallest absolute Gasteiger partial charge is 0.274 e. The first-order valence-corrected chi connectivity index (χ1v) is 17.7. The summed E-state index contributed by atoms with van der Waals surface area (Å²) in [6, 6.07) is 7.64. The molecule has 1 aliphatic heterocycles. The van der Waals surface area contributed by atoms with E-state index in [4.69, 9.17) is 4.42 Å². The van der Waals surface area contributed by atoms with E-state index in [1.54, 1.807) is 26.2 Å². The molecule has 13 nitrogen and oxygen atoms in total. The van der Waals surface area contributed by atoms with Crippen molar-refractivity contribution >= 4 is 40.7 Å². The SMILES string of the molecule is Cc1oc2nc1C(=O)N[C@H](C)c1nc(cs1)C(=O)N[C@H](Cc1ccccc1)CN(C(=O)c1[nH]c3c(c1C)C(=O)CCC3)CC(=O)N[C@H]2C(C)C. The summed E-state index contributed by atoms with van der Waals surface area (Å²) in [4.78, 5) is 81.7. The second kappa shape index (κ2) is 14.4. The molecule has 0 radical (unpaired) electrons. The highest BCUT2D eigenvalue weighted by atomic mass is 32.1. The van der Waals surface area contributed by atoms with E-state index < -0.39 is 41.8 Å². The molecule has 0 saturated carbocycles. The zero-order chi connectivity index (χ0) is 35.7. The van der Waals surface area contributed by atoms with E-state index >= 15 is 0 Å². The summed E-state index contributed by atoms with van der Waals surface area (Å²) >= 11 is 1.24. The van der Waals surface area contributed by atoms with Crippen molar-refractivity contribution in [1.29, 1.82) is 0 Å². The van der Waals surface area contributed by atoms with Crippen LogP contribution in [0, 0.1) is 19.8 Å². The molecular weight excluding hydrogens is 659 g/mol. The molecule has 6 rings (SSSR count). The minimum Gasteiger partial charge on any atom is -0.443 e. The van der Waals surface area contributed by atoms with Gasteiger partial charge in [-0.25, -0.2) is 9.97 Å². The molecule has 14 heteroatoms. The Kier molecular flexibility index (Phi) is 10.0. The lowest BCUT2D eigenvalue weighted by Crippen LogP contribution is -2.50. The van der Waals surface area contributed by atoms with E-state index in [1.807, 2.05) is 44.2 Å². The number of aromatic nitrogens is 3. The van der Waals surface area contributed by atoms with Crippen LogP contribution in [0.15, 0.2) is 40.1 Å². The Balaban J connectivity index is 1.41. The van der Waals surface area contributed by atoms with Gasteiger partial charge in [0.1, 0.15) is 28.2 Å². The summed E-state index contributed by atoms with van der Waals surface area (Å²) < 4.78 is 5.93. The highest BCUT2D eigenvalue weighted by Gasteiger charge is 2.33. The van der Waals surface area contributed by atoms with Gasteiger partial charge in [-0.1, -0.05) is 44.2 Å². The highest BCUT2D eigenvalue weighted by molar-refractivity contribution is 7.09. The number of nitrogens with one attached hydrogen (secondary N) is 4. The molecule has 4 amide bonds. The summed E-state index contributed by atoms with van der Waals surface area (Å²) in [6.45, 7) is 8.51. The number of aryl methyl sites for hydroxylation is 2. The maximum absolute atomic E-state index is 14.4. The number of aromatic amines is 1. The number of benzene rings is 1. The number of ketones is 1. The van der Waals surface area contributed by atoms with Gasteiger partial charge in [-0.05, 0) is 57.1 Å². The fraction of sp³-hybridized carbons (Fsp3) is 0.417. The molecular formula is C36H41N7O6S. The molecule has 2 aliphatic rings. The van der Waals surface area contributed by atoms with Gasteiger partial charge in [0.05, 0.1) is 18.6 Å². The lowest BCUT2D eigenvalue weighted by Gasteiger charge is -2.29. The summed E-state index contributed by atoms with van der Waals surface area (Å²) in [5.41, 5.74) is 3.18. The molecule has 0 spiro atoms. The normalized spacial score (nSPS) is 20.4. The predicted octanol–water partition coefficient (Wildman–Crippen LogP) is 4.40. The van der Waals surface area contributed by atoms with Gasteiger partial charge < -0.3 is 30.3 Å². The van der Waals surface area contributed by atoms with Gasteiger partial charge in [0, 0.05) is 29.6 Å². The topological polar surface area (TPSA) is 179 Å². The Morgan fingerprint density at radius 1 is 1.02 bits per heavy atom. The van der Waals surface area contributed by atoms with Crippen LogP contribution in [0.5, 0.6) is 0 Å². The van der Waals surface area contributed by atoms with E-state index in [0.29, 0.717) is 41.8 Å². The van der Waals surface area contributed by atoms with E-state index in [-0.39, 0.29) is 53.5 Å². The zero-order valence-corrected chi connectivity index (χ0v) is 29.5. The fourth-order valence-corrected chi connectivity index (χ4v) is 7.34. The molecule has 4 N–H and O–H groups in total. The molecule has 50 heavy (non-hydrogen) atoms. The maximum Gasteiger partial charge on any atom is 0.274 e. The van der Waals surface area contributed by atoms with Gasteiger partial charge >= 0.3 is 0 Å². The Labute approximate surface area is 293 Å². The van der Waals surface area contributed by atoms with Crippen LogP contribution in [-0.2, 0) is 17.6 Å². The Morgan fingerprint density at radius 3 is 2.50 bits per heavy atom. The standard InChI is InChI=1S/C36H41N7O6S/c1-18(2)29-34-42-31(21(5)49-34)33(47)37-20(4)35-40-25(17-50-35)32(46)38-23(14-22-10-7-6-8-11-22)15-43(16-27(45)41-29)36(48)30-19(3)28-24(39-30)12-9-13-26(28)44/h6-8,10-11,17-18,20,23,29,39H,9,12-16H2,1-5H3,(H,37,47)(H,38,46)(H,41,45)/t20-,23-,29+/m1/s1. The van der Waals surface area contributed by atoms with Crippen LogP contribution >= 0.6 is 11.3 Å².